The summed E-state index contributed by atoms with van der Waals surface area (Å²) in [7, 11) is 0. The van der Waals surface area contributed by atoms with E-state index in [-0.39, 0.29) is 0 Å². The van der Waals surface area contributed by atoms with Crippen LogP contribution in [0.3, 0.4) is 0 Å². The van der Waals surface area contributed by atoms with Crippen molar-refractivity contribution in [1.82, 2.24) is 0 Å². The van der Waals surface area contributed by atoms with Gasteiger partial charge in [-0.15, -0.1) is 0 Å². The zero-order valence-electron chi connectivity index (χ0n) is 7.50. The Hall–Kier alpha value is -1.37. The second-order valence-corrected chi connectivity index (χ2v) is 2.63. The van der Waals surface area contributed by atoms with E-state index in [9.17, 15) is 0 Å². The third kappa shape index (κ3) is 1.62. The molecule has 1 heteroatoms. The van der Waals surface area contributed by atoms with Gasteiger partial charge in [0.15, 0.2) is 0 Å². The second-order valence-electron chi connectivity index (χ2n) is 2.63. The fourth-order valence-corrected chi connectivity index (χ4v) is 1.12. The number of hydrogen-bond donors (Lipinski definition) is 0. The standard InChI is InChI=1S/C11H13O/c1-4-6-11-9(3)7-12-8-10(11)5-2/h4-8H,2H2,1,3H3/q+1/b6-4+. The molecule has 12 heavy (non-hydrogen) atoms. The zero-order valence-corrected chi connectivity index (χ0v) is 7.50. The third-order valence-electron chi connectivity index (χ3n) is 1.73. The van der Waals surface area contributed by atoms with Crippen LogP contribution in [-0.2, 0) is 0 Å². The smallest absolute Gasteiger partial charge is 0.223 e. The lowest BCUT2D eigenvalue weighted by Crippen LogP contribution is -1.84. The topological polar surface area (TPSA) is 11.3 Å². The van der Waals surface area contributed by atoms with Gasteiger partial charge in [0.1, 0.15) is 0 Å². The maximum Gasteiger partial charge on any atom is 0.325 e. The largest absolute Gasteiger partial charge is 0.325 e. The molecule has 0 aliphatic rings. The predicted molar refractivity (Wildman–Crippen MR) is 52.7 cm³/mol. The third-order valence-corrected chi connectivity index (χ3v) is 1.73. The van der Waals surface area contributed by atoms with Crippen molar-refractivity contribution < 1.29 is 4.42 Å². The second kappa shape index (κ2) is 3.86. The van der Waals surface area contributed by atoms with Gasteiger partial charge in [0.05, 0.1) is 11.1 Å². The van der Waals surface area contributed by atoms with Gasteiger partial charge in [-0.2, -0.15) is 0 Å². The summed E-state index contributed by atoms with van der Waals surface area (Å²) in [6.07, 6.45) is 9.31. The molecule has 0 saturated heterocycles. The van der Waals surface area contributed by atoms with Crippen LogP contribution in [0.25, 0.3) is 12.2 Å². The molecular weight excluding hydrogens is 148 g/mol. The molecule has 1 rings (SSSR count). The highest BCUT2D eigenvalue weighted by Gasteiger charge is 2.06. The molecule has 0 radical (unpaired) electrons. The lowest BCUT2D eigenvalue weighted by molar-refractivity contribution is 0.544. The summed E-state index contributed by atoms with van der Waals surface area (Å²) in [6.45, 7) is 7.74. The molecule has 0 spiro atoms. The van der Waals surface area contributed by atoms with Gasteiger partial charge in [-0.3, -0.25) is 0 Å². The van der Waals surface area contributed by atoms with E-state index in [1.165, 1.54) is 5.56 Å². The van der Waals surface area contributed by atoms with Crippen LogP contribution in [0.15, 0.2) is 29.6 Å². The van der Waals surface area contributed by atoms with Crippen molar-refractivity contribution in [2.24, 2.45) is 0 Å². The minimum atomic E-state index is 1.04. The van der Waals surface area contributed by atoms with Crippen molar-refractivity contribution in [2.75, 3.05) is 0 Å². The molecule has 0 aliphatic carbocycles. The Labute approximate surface area is 73.0 Å². The molecule has 0 aliphatic heterocycles. The molecule has 1 nitrogen and oxygen atoms in total. The number of rotatable bonds is 2. The first kappa shape index (κ1) is 8.72. The van der Waals surface area contributed by atoms with Crippen LogP contribution < -0.4 is 0 Å². The monoisotopic (exact) mass is 161 g/mol. The maximum atomic E-state index is 5.11. The first-order valence-corrected chi connectivity index (χ1v) is 3.95. The first-order valence-electron chi connectivity index (χ1n) is 3.95. The quantitative estimate of drug-likeness (QED) is 0.604. The molecule has 0 bridgehead atoms. The Morgan fingerprint density at radius 2 is 2.17 bits per heavy atom. The normalized spacial score (nSPS) is 10.5. The van der Waals surface area contributed by atoms with Gasteiger partial charge in [-0.25, -0.2) is 4.42 Å². The summed E-state index contributed by atoms with van der Waals surface area (Å²) >= 11 is 0. The zero-order chi connectivity index (χ0) is 8.97. The minimum absolute atomic E-state index is 1.04. The van der Waals surface area contributed by atoms with Crippen molar-refractivity contribution in [1.29, 1.82) is 0 Å². The van der Waals surface area contributed by atoms with Gasteiger partial charge < -0.3 is 0 Å². The Bertz CT molecular complexity index is 311. The van der Waals surface area contributed by atoms with Gasteiger partial charge in [0.2, 0.25) is 0 Å². The van der Waals surface area contributed by atoms with Gasteiger partial charge in [-0.1, -0.05) is 24.8 Å². The number of allylic oxidation sites excluding steroid dienone is 1. The predicted octanol–water partition coefficient (Wildman–Crippen LogP) is 3.55. The van der Waals surface area contributed by atoms with Crippen LogP contribution in [0, 0.1) is 6.92 Å². The summed E-state index contributed by atoms with van der Waals surface area (Å²) in [5.41, 5.74) is 3.34. The average molecular weight is 161 g/mol. The van der Waals surface area contributed by atoms with Gasteiger partial charge in [-0.05, 0) is 13.8 Å². The fourth-order valence-electron chi connectivity index (χ4n) is 1.12. The van der Waals surface area contributed by atoms with Gasteiger partial charge in [0.25, 0.3) is 0 Å². The molecule has 0 amide bonds. The summed E-state index contributed by atoms with van der Waals surface area (Å²) in [5, 5.41) is 0. The van der Waals surface area contributed by atoms with Crippen molar-refractivity contribution in [3.05, 3.63) is 41.9 Å². The van der Waals surface area contributed by atoms with E-state index in [1.807, 2.05) is 19.9 Å². The summed E-state index contributed by atoms with van der Waals surface area (Å²) < 4.78 is 5.11. The summed E-state index contributed by atoms with van der Waals surface area (Å²) in [4.78, 5) is 0. The fraction of sp³-hybridized carbons (Fsp3) is 0.182. The molecule has 0 N–H and O–H groups in total. The molecule has 1 heterocycles. The van der Waals surface area contributed by atoms with E-state index in [0.717, 1.165) is 11.1 Å². The molecule has 62 valence electrons. The number of aryl methyl sites for hydroxylation is 1. The molecule has 0 unspecified atom stereocenters. The van der Waals surface area contributed by atoms with Gasteiger partial charge >= 0.3 is 12.5 Å². The number of hydrogen-bond acceptors (Lipinski definition) is 0. The van der Waals surface area contributed by atoms with E-state index in [4.69, 9.17) is 4.42 Å². The summed E-state index contributed by atoms with van der Waals surface area (Å²) in [5.74, 6) is 0. The van der Waals surface area contributed by atoms with E-state index in [2.05, 4.69) is 12.7 Å². The highest BCUT2D eigenvalue weighted by atomic mass is 16.3. The van der Waals surface area contributed by atoms with E-state index >= 15 is 0 Å². The highest BCUT2D eigenvalue weighted by molar-refractivity contribution is 5.65. The summed E-state index contributed by atoms with van der Waals surface area (Å²) in [6, 6.07) is 0. The van der Waals surface area contributed by atoms with Crippen LogP contribution in [0.4, 0.5) is 0 Å². The van der Waals surface area contributed by atoms with Gasteiger partial charge in [0, 0.05) is 5.56 Å². The Balaban J connectivity index is 3.28. The van der Waals surface area contributed by atoms with Crippen LogP contribution in [0.1, 0.15) is 23.6 Å². The van der Waals surface area contributed by atoms with Crippen molar-refractivity contribution in [2.45, 2.75) is 13.8 Å². The Morgan fingerprint density at radius 1 is 1.42 bits per heavy atom. The maximum absolute atomic E-state index is 5.11. The lowest BCUT2D eigenvalue weighted by atomic mass is 10.1. The minimum Gasteiger partial charge on any atom is -0.223 e. The van der Waals surface area contributed by atoms with E-state index in [0.29, 0.717) is 0 Å². The molecule has 0 saturated carbocycles. The van der Waals surface area contributed by atoms with E-state index < -0.39 is 0 Å². The molecule has 1 aromatic heterocycles. The lowest BCUT2D eigenvalue weighted by Gasteiger charge is -1.96. The molecule has 0 fully saturated rings. The first-order chi connectivity index (χ1) is 5.79. The molecule has 0 aromatic carbocycles. The van der Waals surface area contributed by atoms with Crippen molar-refractivity contribution in [3.8, 4) is 0 Å². The highest BCUT2D eigenvalue weighted by Crippen LogP contribution is 2.16. The SMILES string of the molecule is C=Cc1c[o+]cc(C)c1/C=C/C. The molecular formula is C11H13O+. The van der Waals surface area contributed by atoms with E-state index in [1.54, 1.807) is 18.6 Å². The van der Waals surface area contributed by atoms with Crippen molar-refractivity contribution >= 4 is 12.2 Å². The van der Waals surface area contributed by atoms with Crippen LogP contribution >= 0.6 is 0 Å². The average Bonchev–Trinajstić information content (AvgIpc) is 2.09. The van der Waals surface area contributed by atoms with Crippen LogP contribution in [0.5, 0.6) is 0 Å². The molecule has 0 atom stereocenters. The van der Waals surface area contributed by atoms with Crippen molar-refractivity contribution in [3.63, 3.8) is 0 Å². The molecule has 1 aromatic rings. The Kier molecular flexibility index (Phi) is 2.81. The Morgan fingerprint density at radius 3 is 2.75 bits per heavy atom. The van der Waals surface area contributed by atoms with Crippen LogP contribution in [-0.4, -0.2) is 0 Å². The van der Waals surface area contributed by atoms with Crippen LogP contribution in [0.2, 0.25) is 0 Å².